The summed E-state index contributed by atoms with van der Waals surface area (Å²) in [7, 11) is 0. The molecule has 2 aliphatic heterocycles. The first kappa shape index (κ1) is 38.6. The maximum atomic E-state index is 14.4. The zero-order valence-electron chi connectivity index (χ0n) is 29.9. The maximum absolute atomic E-state index is 14.4. The lowest BCUT2D eigenvalue weighted by Gasteiger charge is -2.17. The first-order valence-corrected chi connectivity index (χ1v) is 18.1. The maximum Gasteiger partial charge on any atom is 0.433 e. The minimum absolute atomic E-state index is 0.0373. The van der Waals surface area contributed by atoms with E-state index in [1.165, 1.54) is 11.3 Å². The summed E-state index contributed by atoms with van der Waals surface area (Å²) in [6, 6.07) is 14.5. The average Bonchev–Trinajstić information content (AvgIpc) is 3.76. The number of aromatic nitrogens is 2. The fourth-order valence-electron chi connectivity index (χ4n) is 6.88. The van der Waals surface area contributed by atoms with Gasteiger partial charge in [-0.15, -0.1) is 0 Å². The molecule has 4 N–H and O–H groups in total. The number of nitrogens with zero attached hydrogens (tertiary/aromatic N) is 3. The molecular formula is C40H41ClF3N7O3. The van der Waals surface area contributed by atoms with Gasteiger partial charge < -0.3 is 21.3 Å². The molecule has 54 heavy (non-hydrogen) atoms. The Labute approximate surface area is 315 Å². The monoisotopic (exact) mass is 759 g/mol. The average molecular weight is 760 g/mol. The van der Waals surface area contributed by atoms with Crippen LogP contribution in [0.15, 0.2) is 94.6 Å². The third-order valence-electron chi connectivity index (χ3n) is 9.79. The molecule has 2 aliphatic rings. The van der Waals surface area contributed by atoms with Crippen LogP contribution in [0.2, 0.25) is 5.02 Å². The lowest BCUT2D eigenvalue weighted by molar-refractivity contribution is -0.120. The number of amides is 2. The summed E-state index contributed by atoms with van der Waals surface area (Å²) >= 11 is 6.96. The first-order valence-electron chi connectivity index (χ1n) is 17.7. The van der Waals surface area contributed by atoms with Crippen LogP contribution >= 0.6 is 11.6 Å². The van der Waals surface area contributed by atoms with E-state index in [-0.39, 0.29) is 52.3 Å². The van der Waals surface area contributed by atoms with E-state index in [1.807, 2.05) is 43.3 Å². The standard InChI is InChI=1S/C40H41ClF3N7O3/c1-4-25(18-45-21-28-11-13-35(52)49-28)38(40(42,43)44)48-24(3)32-9-6-10-33(37(32)41)31-8-5-7-30(23(31)2)26-15-16-51-34(17-26)47-20-27(39(51)54)19-46-22-29-12-14-36(53)50-29/h4-10,15-17,20,28-29,45-46H,1,11-14,18-19,21-22H2,2-3H3,(H,49,52)(H,50,53)/b38-25+,48-24?/t28-,29-/m0/s1. The first-order chi connectivity index (χ1) is 25.8. The molecule has 2 aromatic carbocycles. The molecule has 10 nitrogen and oxygen atoms in total. The summed E-state index contributed by atoms with van der Waals surface area (Å²) in [4.78, 5) is 44.9. The summed E-state index contributed by atoms with van der Waals surface area (Å²) in [6.45, 7) is 8.09. The van der Waals surface area contributed by atoms with E-state index in [4.69, 9.17) is 11.6 Å². The molecule has 2 aromatic heterocycles. The van der Waals surface area contributed by atoms with Gasteiger partial charge in [0.15, 0.2) is 0 Å². The van der Waals surface area contributed by atoms with Gasteiger partial charge in [-0.1, -0.05) is 60.7 Å². The summed E-state index contributed by atoms with van der Waals surface area (Å²) in [6.07, 6.45) is 1.90. The summed E-state index contributed by atoms with van der Waals surface area (Å²) in [5.74, 6) is -0.0366. The third kappa shape index (κ3) is 8.64. The van der Waals surface area contributed by atoms with Crippen LogP contribution in [0.4, 0.5) is 13.2 Å². The molecule has 0 radical (unpaired) electrons. The van der Waals surface area contributed by atoms with Gasteiger partial charge in [0.25, 0.3) is 5.56 Å². The number of allylic oxidation sites excluding steroid dienone is 1. The Balaban J connectivity index is 1.25. The lowest BCUT2D eigenvalue weighted by atomic mass is 9.92. The Kier molecular flexibility index (Phi) is 11.8. The van der Waals surface area contributed by atoms with Crippen LogP contribution in [-0.2, 0) is 16.1 Å². The number of carbonyl (C=O) groups is 2. The van der Waals surface area contributed by atoms with Crippen molar-refractivity contribution in [2.75, 3.05) is 19.6 Å². The Morgan fingerprint density at radius 1 is 1.00 bits per heavy atom. The highest BCUT2D eigenvalue weighted by Crippen LogP contribution is 2.38. The molecule has 2 atom stereocenters. The third-order valence-corrected chi connectivity index (χ3v) is 10.2. The van der Waals surface area contributed by atoms with Crippen molar-refractivity contribution >= 4 is 34.8 Å². The van der Waals surface area contributed by atoms with Crippen molar-refractivity contribution in [3.8, 4) is 22.3 Å². The second-order valence-electron chi connectivity index (χ2n) is 13.5. The molecule has 0 bridgehead atoms. The molecule has 6 rings (SSSR count). The molecule has 14 heteroatoms. The fourth-order valence-corrected chi connectivity index (χ4v) is 7.25. The van der Waals surface area contributed by atoms with E-state index < -0.39 is 11.9 Å². The molecule has 4 aromatic rings. The van der Waals surface area contributed by atoms with Crippen molar-refractivity contribution in [2.24, 2.45) is 4.99 Å². The number of alkyl halides is 3. The summed E-state index contributed by atoms with van der Waals surface area (Å²) < 4.78 is 44.7. The van der Waals surface area contributed by atoms with Gasteiger partial charge in [0.05, 0.1) is 5.02 Å². The zero-order chi connectivity index (χ0) is 38.6. The number of hydrogen-bond acceptors (Lipinski definition) is 7. The van der Waals surface area contributed by atoms with Gasteiger partial charge in [-0.05, 0) is 66.6 Å². The van der Waals surface area contributed by atoms with Gasteiger partial charge >= 0.3 is 6.18 Å². The molecule has 2 fully saturated rings. The van der Waals surface area contributed by atoms with Crippen LogP contribution in [0.25, 0.3) is 27.9 Å². The zero-order valence-corrected chi connectivity index (χ0v) is 30.7. The van der Waals surface area contributed by atoms with Gasteiger partial charge in [0.2, 0.25) is 11.8 Å². The number of fused-ring (bicyclic) bond motifs is 1. The van der Waals surface area contributed by atoms with Crippen molar-refractivity contribution in [1.29, 1.82) is 0 Å². The number of rotatable bonds is 13. The molecule has 2 amide bonds. The Morgan fingerprint density at radius 2 is 1.65 bits per heavy atom. The minimum atomic E-state index is -4.77. The minimum Gasteiger partial charge on any atom is -0.352 e. The van der Waals surface area contributed by atoms with Crippen molar-refractivity contribution < 1.29 is 22.8 Å². The topological polar surface area (TPSA) is 129 Å². The largest absolute Gasteiger partial charge is 0.433 e. The van der Waals surface area contributed by atoms with E-state index in [2.05, 4.69) is 37.8 Å². The van der Waals surface area contributed by atoms with E-state index in [9.17, 15) is 27.6 Å². The van der Waals surface area contributed by atoms with Crippen LogP contribution in [0.5, 0.6) is 0 Å². The van der Waals surface area contributed by atoms with Gasteiger partial charge in [-0.25, -0.2) is 9.98 Å². The van der Waals surface area contributed by atoms with E-state index in [0.29, 0.717) is 61.2 Å². The highest BCUT2D eigenvalue weighted by Gasteiger charge is 2.36. The van der Waals surface area contributed by atoms with Gasteiger partial charge in [0, 0.05) is 85.9 Å². The number of benzene rings is 2. The molecule has 282 valence electrons. The van der Waals surface area contributed by atoms with Crippen LogP contribution in [-0.4, -0.2) is 64.8 Å². The van der Waals surface area contributed by atoms with Gasteiger partial charge in [-0.2, -0.15) is 13.2 Å². The number of halogens is 4. The van der Waals surface area contributed by atoms with Crippen LogP contribution < -0.4 is 26.8 Å². The smallest absolute Gasteiger partial charge is 0.352 e. The van der Waals surface area contributed by atoms with Crippen LogP contribution in [0.1, 0.15) is 49.3 Å². The van der Waals surface area contributed by atoms with Gasteiger partial charge in [-0.3, -0.25) is 18.8 Å². The normalized spacial score (nSPS) is 18.1. The van der Waals surface area contributed by atoms with Crippen molar-refractivity contribution in [1.82, 2.24) is 30.7 Å². The quantitative estimate of drug-likeness (QED) is 0.0973. The molecule has 0 unspecified atom stereocenters. The van der Waals surface area contributed by atoms with Crippen molar-refractivity contribution in [3.05, 3.63) is 117 Å². The van der Waals surface area contributed by atoms with Crippen LogP contribution in [0, 0.1) is 6.92 Å². The number of hydrogen-bond donors (Lipinski definition) is 4. The van der Waals surface area contributed by atoms with Crippen LogP contribution in [0.3, 0.4) is 0 Å². The van der Waals surface area contributed by atoms with E-state index in [1.54, 1.807) is 24.5 Å². The lowest BCUT2D eigenvalue weighted by Crippen LogP contribution is -2.36. The summed E-state index contributed by atoms with van der Waals surface area (Å²) in [5, 5.41) is 12.2. The van der Waals surface area contributed by atoms with Gasteiger partial charge in [0.1, 0.15) is 11.3 Å². The Morgan fingerprint density at radius 3 is 2.30 bits per heavy atom. The molecule has 0 aliphatic carbocycles. The fraction of sp³-hybridized carbons (Fsp3) is 0.325. The number of pyridine rings is 1. The van der Waals surface area contributed by atoms with E-state index >= 15 is 0 Å². The predicted octanol–water partition coefficient (Wildman–Crippen LogP) is 6.04. The molecule has 2 saturated heterocycles. The number of aliphatic imine (C=N–C) groups is 1. The van der Waals surface area contributed by atoms with Crippen molar-refractivity contribution in [2.45, 2.75) is 64.3 Å². The van der Waals surface area contributed by atoms with Crippen molar-refractivity contribution in [3.63, 3.8) is 0 Å². The Hall–Kier alpha value is -5.11. The molecule has 0 spiro atoms. The Bertz CT molecular complexity index is 2230. The van der Waals surface area contributed by atoms with E-state index in [0.717, 1.165) is 34.8 Å². The molecule has 0 saturated carbocycles. The highest BCUT2D eigenvalue weighted by molar-refractivity contribution is 6.37. The second-order valence-corrected chi connectivity index (χ2v) is 13.9. The highest BCUT2D eigenvalue weighted by atomic mass is 35.5. The molecule has 4 heterocycles. The SMILES string of the molecule is C=C/C(CNC[C@@H]1CCC(=O)N1)=C(\N=C(C)c1cccc(-c2cccc(-c3ccn4c(=O)c(CNC[C@@H]5CCC(=O)N5)cnc4c3)c2C)c1Cl)C(F)(F)F. The summed E-state index contributed by atoms with van der Waals surface area (Å²) in [5.41, 5.74) is 3.94. The molecular weight excluding hydrogens is 719 g/mol. The number of nitrogens with one attached hydrogen (secondary N) is 4. The second kappa shape index (κ2) is 16.5. The predicted molar refractivity (Wildman–Crippen MR) is 204 cm³/mol. The number of carbonyl (C=O) groups excluding carboxylic acids is 2.